The van der Waals surface area contributed by atoms with Gasteiger partial charge in [-0.05, 0) is 31.9 Å². The molecule has 1 aromatic carbocycles. The molecule has 0 aromatic heterocycles. The molecular weight excluding hydrogens is 258 g/mol. The summed E-state index contributed by atoms with van der Waals surface area (Å²) in [6.07, 6.45) is 1.94. The molecule has 1 fully saturated rings. The third kappa shape index (κ3) is 2.76. The second-order valence-electron chi connectivity index (χ2n) is 5.08. The van der Waals surface area contributed by atoms with Gasteiger partial charge in [-0.15, -0.1) is 0 Å². The Balaban J connectivity index is 2.23. The Hall–Kier alpha value is -2.04. The van der Waals surface area contributed by atoms with Crippen LogP contribution in [0.5, 0.6) is 5.75 Å². The zero-order valence-electron chi connectivity index (χ0n) is 11.5. The molecule has 0 unspecified atom stereocenters. The molecule has 1 aliphatic rings. The van der Waals surface area contributed by atoms with E-state index in [0.717, 1.165) is 6.42 Å². The third-order valence-electron chi connectivity index (χ3n) is 3.87. The van der Waals surface area contributed by atoms with E-state index >= 15 is 0 Å². The smallest absolute Gasteiger partial charge is 0.307 e. The first kappa shape index (κ1) is 14.4. The van der Waals surface area contributed by atoms with Crippen LogP contribution in [0.3, 0.4) is 0 Å². The number of rotatable bonds is 4. The number of phenolic OH excluding ortho intramolecular Hbond substituents is 1. The van der Waals surface area contributed by atoms with Gasteiger partial charge < -0.3 is 15.1 Å². The summed E-state index contributed by atoms with van der Waals surface area (Å²) in [5.74, 6) is -2.02. The van der Waals surface area contributed by atoms with Crippen molar-refractivity contribution >= 4 is 17.6 Å². The van der Waals surface area contributed by atoms with E-state index in [4.69, 9.17) is 0 Å². The van der Waals surface area contributed by atoms with Crippen molar-refractivity contribution in [2.24, 2.45) is 11.8 Å². The summed E-state index contributed by atoms with van der Waals surface area (Å²) in [5.41, 5.74) is 0.605. The Labute approximate surface area is 117 Å². The summed E-state index contributed by atoms with van der Waals surface area (Å²) < 4.78 is 0. The van der Waals surface area contributed by atoms with Gasteiger partial charge in [0.15, 0.2) is 0 Å². The van der Waals surface area contributed by atoms with Crippen LogP contribution in [0.2, 0.25) is 0 Å². The number of phenols is 1. The van der Waals surface area contributed by atoms with Crippen LogP contribution in [-0.4, -0.2) is 28.6 Å². The molecule has 0 radical (unpaired) electrons. The van der Waals surface area contributed by atoms with Gasteiger partial charge in [-0.25, -0.2) is 0 Å². The second-order valence-corrected chi connectivity index (χ2v) is 5.08. The first-order valence-electron chi connectivity index (χ1n) is 6.87. The molecule has 1 aliphatic carbocycles. The average Bonchev–Trinajstić information content (AvgIpc) is 2.89. The molecule has 20 heavy (non-hydrogen) atoms. The fourth-order valence-corrected chi connectivity index (χ4v) is 2.88. The van der Waals surface area contributed by atoms with Crippen molar-refractivity contribution < 1.29 is 19.8 Å². The molecule has 2 rings (SSSR count). The van der Waals surface area contributed by atoms with Crippen LogP contribution in [0.25, 0.3) is 0 Å². The van der Waals surface area contributed by atoms with Crippen LogP contribution in [-0.2, 0) is 9.59 Å². The lowest BCUT2D eigenvalue weighted by atomic mass is 9.94. The predicted molar refractivity (Wildman–Crippen MR) is 74.6 cm³/mol. The first-order valence-corrected chi connectivity index (χ1v) is 6.87. The summed E-state index contributed by atoms with van der Waals surface area (Å²) in [7, 11) is 0. The Kier molecular flexibility index (Phi) is 4.27. The number of benzene rings is 1. The largest absolute Gasteiger partial charge is 0.508 e. The standard InChI is InChI=1S/C15H19NO4/c1-2-16(10-5-3-6-11(17)9-10)14(18)12-7-4-8-13(12)15(19)20/h3,5-6,9,12-13,17H,2,4,7-8H2,1H3,(H,19,20)/t12-,13+/m1/s1. The van der Waals surface area contributed by atoms with Crippen molar-refractivity contribution in [1.29, 1.82) is 0 Å². The topological polar surface area (TPSA) is 77.8 Å². The van der Waals surface area contributed by atoms with Gasteiger partial charge in [0.05, 0.1) is 11.8 Å². The van der Waals surface area contributed by atoms with Gasteiger partial charge in [0.25, 0.3) is 0 Å². The van der Waals surface area contributed by atoms with E-state index in [9.17, 15) is 19.8 Å². The number of anilines is 1. The normalized spacial score (nSPS) is 21.6. The van der Waals surface area contributed by atoms with Gasteiger partial charge >= 0.3 is 5.97 Å². The molecule has 1 saturated carbocycles. The monoisotopic (exact) mass is 277 g/mol. The lowest BCUT2D eigenvalue weighted by molar-refractivity contribution is -0.145. The van der Waals surface area contributed by atoms with Crippen LogP contribution < -0.4 is 4.90 Å². The maximum absolute atomic E-state index is 12.6. The van der Waals surface area contributed by atoms with Gasteiger partial charge in [-0.3, -0.25) is 9.59 Å². The summed E-state index contributed by atoms with van der Waals surface area (Å²) in [5, 5.41) is 18.7. The lowest BCUT2D eigenvalue weighted by Crippen LogP contribution is -2.39. The quantitative estimate of drug-likeness (QED) is 0.884. The Bertz CT molecular complexity index is 514. The first-order chi connectivity index (χ1) is 9.54. The Morgan fingerprint density at radius 2 is 2.00 bits per heavy atom. The number of hydrogen-bond acceptors (Lipinski definition) is 3. The van der Waals surface area contributed by atoms with Crippen molar-refractivity contribution in [3.63, 3.8) is 0 Å². The average molecular weight is 277 g/mol. The minimum atomic E-state index is -0.896. The number of aromatic hydroxyl groups is 1. The van der Waals surface area contributed by atoms with Crippen LogP contribution in [0.1, 0.15) is 26.2 Å². The number of carbonyl (C=O) groups excluding carboxylic acids is 1. The summed E-state index contributed by atoms with van der Waals surface area (Å²) in [6.45, 7) is 2.29. The second kappa shape index (κ2) is 5.94. The van der Waals surface area contributed by atoms with Crippen LogP contribution in [0, 0.1) is 11.8 Å². The molecule has 108 valence electrons. The van der Waals surface area contributed by atoms with Crippen molar-refractivity contribution in [2.45, 2.75) is 26.2 Å². The van der Waals surface area contributed by atoms with E-state index < -0.39 is 17.8 Å². The zero-order chi connectivity index (χ0) is 14.7. The summed E-state index contributed by atoms with van der Waals surface area (Å²) >= 11 is 0. The molecule has 0 spiro atoms. The highest BCUT2D eigenvalue weighted by atomic mass is 16.4. The predicted octanol–water partition coefficient (Wildman–Crippen LogP) is 2.25. The van der Waals surface area contributed by atoms with E-state index in [1.165, 1.54) is 12.1 Å². The van der Waals surface area contributed by atoms with E-state index in [1.807, 2.05) is 6.92 Å². The van der Waals surface area contributed by atoms with Crippen LogP contribution >= 0.6 is 0 Å². The molecule has 2 N–H and O–H groups in total. The Morgan fingerprint density at radius 3 is 2.60 bits per heavy atom. The number of hydrogen-bond donors (Lipinski definition) is 2. The van der Waals surface area contributed by atoms with E-state index in [1.54, 1.807) is 17.0 Å². The molecule has 1 aromatic rings. The molecule has 0 saturated heterocycles. The molecule has 5 nitrogen and oxygen atoms in total. The molecule has 0 bridgehead atoms. The number of carbonyl (C=O) groups is 2. The maximum atomic E-state index is 12.6. The van der Waals surface area contributed by atoms with Crippen LogP contribution in [0.15, 0.2) is 24.3 Å². The highest BCUT2D eigenvalue weighted by molar-refractivity contribution is 5.97. The number of aliphatic carboxylic acids is 1. The number of carboxylic acid groups (broad SMARTS) is 1. The fourth-order valence-electron chi connectivity index (χ4n) is 2.88. The highest BCUT2D eigenvalue weighted by Crippen LogP contribution is 2.34. The van der Waals surface area contributed by atoms with E-state index in [0.29, 0.717) is 25.1 Å². The fraction of sp³-hybridized carbons (Fsp3) is 0.467. The lowest BCUT2D eigenvalue weighted by Gasteiger charge is -2.26. The molecular formula is C15H19NO4. The van der Waals surface area contributed by atoms with Gasteiger partial charge in [0.1, 0.15) is 5.75 Å². The number of nitrogens with zero attached hydrogens (tertiary/aromatic N) is 1. The minimum absolute atomic E-state index is 0.0926. The number of carboxylic acids is 1. The Morgan fingerprint density at radius 1 is 1.30 bits per heavy atom. The van der Waals surface area contributed by atoms with Crippen molar-refractivity contribution in [3.8, 4) is 5.75 Å². The summed E-state index contributed by atoms with van der Waals surface area (Å²) in [6, 6.07) is 6.47. The minimum Gasteiger partial charge on any atom is -0.508 e. The zero-order valence-corrected chi connectivity index (χ0v) is 11.5. The van der Waals surface area contributed by atoms with Gasteiger partial charge in [-0.2, -0.15) is 0 Å². The molecule has 1 amide bonds. The van der Waals surface area contributed by atoms with Gasteiger partial charge in [0, 0.05) is 18.3 Å². The molecule has 0 heterocycles. The molecule has 5 heteroatoms. The van der Waals surface area contributed by atoms with Gasteiger partial charge in [0.2, 0.25) is 5.91 Å². The highest BCUT2D eigenvalue weighted by Gasteiger charge is 2.39. The number of amides is 1. The van der Waals surface area contributed by atoms with E-state index in [2.05, 4.69) is 0 Å². The molecule has 0 aliphatic heterocycles. The van der Waals surface area contributed by atoms with Crippen molar-refractivity contribution in [1.82, 2.24) is 0 Å². The van der Waals surface area contributed by atoms with Gasteiger partial charge in [-0.1, -0.05) is 12.5 Å². The van der Waals surface area contributed by atoms with E-state index in [-0.39, 0.29) is 11.7 Å². The van der Waals surface area contributed by atoms with Crippen LogP contribution in [0.4, 0.5) is 5.69 Å². The third-order valence-corrected chi connectivity index (χ3v) is 3.87. The van der Waals surface area contributed by atoms with Crippen molar-refractivity contribution in [2.75, 3.05) is 11.4 Å². The summed E-state index contributed by atoms with van der Waals surface area (Å²) in [4.78, 5) is 25.3. The SMILES string of the molecule is CCN(C(=O)[C@@H]1CCC[C@@H]1C(=O)O)c1cccc(O)c1. The molecule has 2 atom stereocenters. The maximum Gasteiger partial charge on any atom is 0.307 e. The van der Waals surface area contributed by atoms with Crippen molar-refractivity contribution in [3.05, 3.63) is 24.3 Å².